The Hall–Kier alpha value is -0.520. The van der Waals surface area contributed by atoms with Crippen molar-refractivity contribution in [2.75, 3.05) is 6.61 Å². The third-order valence-electron chi connectivity index (χ3n) is 2.26. The molecule has 0 spiro atoms. The van der Waals surface area contributed by atoms with E-state index in [2.05, 4.69) is 15.9 Å². The van der Waals surface area contributed by atoms with Crippen molar-refractivity contribution in [1.82, 2.24) is 0 Å². The molecule has 1 aromatic carbocycles. The smallest absolute Gasteiger partial charge is 0.140 e. The van der Waals surface area contributed by atoms with E-state index in [1.54, 1.807) is 6.92 Å². The van der Waals surface area contributed by atoms with Gasteiger partial charge in [0.15, 0.2) is 0 Å². The van der Waals surface area contributed by atoms with E-state index in [4.69, 9.17) is 10.8 Å². The Bertz CT molecular complexity index is 369. The van der Waals surface area contributed by atoms with Crippen LogP contribution in [0.15, 0.2) is 16.6 Å². The lowest BCUT2D eigenvalue weighted by atomic mass is 9.90. The van der Waals surface area contributed by atoms with Crippen LogP contribution < -0.4 is 5.73 Å². The normalized spacial score (nSPS) is 15.1. The SMILES string of the molecule is CC(N)(CCO)c1cc(Br)c(F)cc1F. The van der Waals surface area contributed by atoms with Crippen molar-refractivity contribution in [2.45, 2.75) is 18.9 Å². The molecular formula is C10H12BrF2NO. The highest BCUT2D eigenvalue weighted by molar-refractivity contribution is 9.10. The summed E-state index contributed by atoms with van der Waals surface area (Å²) in [7, 11) is 0. The average Bonchev–Trinajstić information content (AvgIpc) is 2.11. The Balaban J connectivity index is 3.19. The molecule has 1 atom stereocenters. The molecule has 2 nitrogen and oxygen atoms in total. The van der Waals surface area contributed by atoms with Crippen LogP contribution in [0.4, 0.5) is 8.78 Å². The van der Waals surface area contributed by atoms with Crippen LogP contribution in [0.25, 0.3) is 0 Å². The molecule has 0 saturated heterocycles. The van der Waals surface area contributed by atoms with Crippen LogP contribution in [-0.4, -0.2) is 11.7 Å². The second-order valence-electron chi connectivity index (χ2n) is 3.64. The summed E-state index contributed by atoms with van der Waals surface area (Å²) in [5.41, 5.74) is 5.01. The molecule has 0 aromatic heterocycles. The quantitative estimate of drug-likeness (QED) is 0.834. The maximum absolute atomic E-state index is 13.4. The lowest BCUT2D eigenvalue weighted by Gasteiger charge is -2.25. The molecule has 3 N–H and O–H groups in total. The molecule has 0 fully saturated rings. The van der Waals surface area contributed by atoms with Gasteiger partial charge < -0.3 is 10.8 Å². The van der Waals surface area contributed by atoms with Crippen molar-refractivity contribution in [3.63, 3.8) is 0 Å². The summed E-state index contributed by atoms with van der Waals surface area (Å²) < 4.78 is 26.5. The van der Waals surface area contributed by atoms with Crippen molar-refractivity contribution >= 4 is 15.9 Å². The molecular weight excluding hydrogens is 268 g/mol. The van der Waals surface area contributed by atoms with Gasteiger partial charge in [0.05, 0.1) is 4.47 Å². The molecule has 0 aliphatic rings. The summed E-state index contributed by atoms with van der Waals surface area (Å²) >= 11 is 2.96. The molecule has 0 aliphatic carbocycles. The largest absolute Gasteiger partial charge is 0.396 e. The number of hydrogen-bond donors (Lipinski definition) is 2. The number of rotatable bonds is 3. The van der Waals surface area contributed by atoms with Gasteiger partial charge in [-0.2, -0.15) is 0 Å². The van der Waals surface area contributed by atoms with E-state index in [0.29, 0.717) is 0 Å². The van der Waals surface area contributed by atoms with Gasteiger partial charge in [0.1, 0.15) is 11.6 Å². The van der Waals surface area contributed by atoms with Crippen molar-refractivity contribution in [3.05, 3.63) is 33.8 Å². The van der Waals surface area contributed by atoms with Gasteiger partial charge in [0.25, 0.3) is 0 Å². The predicted octanol–water partition coefficient (Wildman–Crippen LogP) is 2.28. The highest BCUT2D eigenvalue weighted by atomic mass is 79.9. The van der Waals surface area contributed by atoms with E-state index in [1.807, 2.05) is 0 Å². The molecule has 0 aliphatic heterocycles. The monoisotopic (exact) mass is 279 g/mol. The molecule has 84 valence electrons. The summed E-state index contributed by atoms with van der Waals surface area (Å²) in [6.07, 6.45) is 0.210. The van der Waals surface area contributed by atoms with Gasteiger partial charge in [-0.25, -0.2) is 8.78 Å². The van der Waals surface area contributed by atoms with Gasteiger partial charge in [-0.1, -0.05) is 0 Å². The van der Waals surface area contributed by atoms with E-state index in [9.17, 15) is 8.78 Å². The number of halogens is 3. The zero-order valence-electron chi connectivity index (χ0n) is 8.23. The number of hydrogen-bond acceptors (Lipinski definition) is 2. The fraction of sp³-hybridized carbons (Fsp3) is 0.400. The fourth-order valence-corrected chi connectivity index (χ4v) is 1.67. The first kappa shape index (κ1) is 12.5. The number of benzene rings is 1. The third kappa shape index (κ3) is 2.74. The molecule has 0 amide bonds. The van der Waals surface area contributed by atoms with E-state index in [1.165, 1.54) is 6.07 Å². The molecule has 1 aromatic rings. The third-order valence-corrected chi connectivity index (χ3v) is 2.86. The lowest BCUT2D eigenvalue weighted by molar-refractivity contribution is 0.244. The maximum atomic E-state index is 13.4. The predicted molar refractivity (Wildman–Crippen MR) is 57.3 cm³/mol. The number of aliphatic hydroxyl groups is 1. The Morgan fingerprint density at radius 3 is 2.53 bits per heavy atom. The zero-order chi connectivity index (χ0) is 11.6. The summed E-state index contributed by atoms with van der Waals surface area (Å²) in [5, 5.41) is 8.79. The van der Waals surface area contributed by atoms with Gasteiger partial charge in [0.2, 0.25) is 0 Å². The van der Waals surface area contributed by atoms with E-state index in [0.717, 1.165) is 6.07 Å². The molecule has 15 heavy (non-hydrogen) atoms. The average molecular weight is 280 g/mol. The van der Waals surface area contributed by atoms with Crippen molar-refractivity contribution in [1.29, 1.82) is 0 Å². The molecule has 0 radical (unpaired) electrons. The van der Waals surface area contributed by atoms with Crippen LogP contribution in [0.2, 0.25) is 0 Å². The Morgan fingerprint density at radius 1 is 1.40 bits per heavy atom. The minimum absolute atomic E-state index is 0.151. The fourth-order valence-electron chi connectivity index (χ4n) is 1.33. The molecule has 0 heterocycles. The van der Waals surface area contributed by atoms with Gasteiger partial charge >= 0.3 is 0 Å². The van der Waals surface area contributed by atoms with Gasteiger partial charge in [-0.05, 0) is 35.3 Å². The van der Waals surface area contributed by atoms with Crippen LogP contribution in [-0.2, 0) is 5.54 Å². The summed E-state index contributed by atoms with van der Waals surface area (Å²) in [5.74, 6) is -1.37. The maximum Gasteiger partial charge on any atom is 0.140 e. The minimum atomic E-state index is -1.00. The first-order chi connectivity index (χ1) is 6.88. The van der Waals surface area contributed by atoms with E-state index in [-0.39, 0.29) is 23.1 Å². The van der Waals surface area contributed by atoms with Gasteiger partial charge in [-0.15, -0.1) is 0 Å². The number of nitrogens with two attached hydrogens (primary N) is 1. The van der Waals surface area contributed by atoms with Gasteiger partial charge in [0, 0.05) is 23.8 Å². The number of aliphatic hydroxyl groups excluding tert-OH is 1. The minimum Gasteiger partial charge on any atom is -0.396 e. The zero-order valence-corrected chi connectivity index (χ0v) is 9.81. The molecule has 0 saturated carbocycles. The Morgan fingerprint density at radius 2 is 2.00 bits per heavy atom. The van der Waals surface area contributed by atoms with Crippen molar-refractivity contribution < 1.29 is 13.9 Å². The molecule has 0 bridgehead atoms. The molecule has 1 unspecified atom stereocenters. The van der Waals surface area contributed by atoms with Crippen LogP contribution in [0.3, 0.4) is 0 Å². The lowest BCUT2D eigenvalue weighted by Crippen LogP contribution is -2.35. The van der Waals surface area contributed by atoms with Crippen molar-refractivity contribution in [3.8, 4) is 0 Å². The van der Waals surface area contributed by atoms with Crippen LogP contribution in [0.1, 0.15) is 18.9 Å². The topological polar surface area (TPSA) is 46.2 Å². The van der Waals surface area contributed by atoms with Gasteiger partial charge in [-0.3, -0.25) is 0 Å². The standard InChI is InChI=1S/C10H12BrF2NO/c1-10(14,2-3-15)6-4-7(11)9(13)5-8(6)12/h4-5,15H,2-3,14H2,1H3. The molecule has 1 rings (SSSR count). The van der Waals surface area contributed by atoms with Crippen LogP contribution in [0.5, 0.6) is 0 Å². The van der Waals surface area contributed by atoms with E-state index >= 15 is 0 Å². The highest BCUT2D eigenvalue weighted by Gasteiger charge is 2.25. The second-order valence-corrected chi connectivity index (χ2v) is 4.49. The Kier molecular flexibility index (Phi) is 3.81. The van der Waals surface area contributed by atoms with Crippen molar-refractivity contribution in [2.24, 2.45) is 5.73 Å². The summed E-state index contributed by atoms with van der Waals surface area (Å²) in [6, 6.07) is 2.09. The Labute approximate surface area is 95.2 Å². The van der Waals surface area contributed by atoms with Crippen LogP contribution in [0, 0.1) is 11.6 Å². The van der Waals surface area contributed by atoms with E-state index < -0.39 is 17.2 Å². The van der Waals surface area contributed by atoms with Crippen LogP contribution >= 0.6 is 15.9 Å². The summed E-state index contributed by atoms with van der Waals surface area (Å²) in [4.78, 5) is 0. The first-order valence-corrected chi connectivity index (χ1v) is 5.22. The molecule has 5 heteroatoms. The second kappa shape index (κ2) is 4.55. The summed E-state index contributed by atoms with van der Waals surface area (Å²) in [6.45, 7) is 1.44. The first-order valence-electron chi connectivity index (χ1n) is 4.43. The highest BCUT2D eigenvalue weighted by Crippen LogP contribution is 2.28.